The van der Waals surface area contributed by atoms with Crippen LogP contribution in [0.2, 0.25) is 0 Å². The molecule has 2 nitrogen and oxygen atoms in total. The number of aromatic hydroxyl groups is 1. The standard InChI is InChI=1S/C13H19NO/c1-2-9-14-12-7-3-6-11-10(12)5-4-8-13(11)15/h4-5,8,12,14-15H,2-3,6-7,9H2,1H3. The third kappa shape index (κ3) is 2.15. The molecule has 0 saturated carbocycles. The van der Waals surface area contributed by atoms with E-state index in [2.05, 4.69) is 18.3 Å². The Kier molecular flexibility index (Phi) is 3.27. The highest BCUT2D eigenvalue weighted by Crippen LogP contribution is 2.34. The first-order chi connectivity index (χ1) is 7.33. The molecule has 1 aromatic rings. The summed E-state index contributed by atoms with van der Waals surface area (Å²) in [7, 11) is 0. The molecule has 2 N–H and O–H groups in total. The van der Waals surface area contributed by atoms with Crippen LogP contribution >= 0.6 is 0 Å². The first kappa shape index (κ1) is 10.5. The van der Waals surface area contributed by atoms with E-state index < -0.39 is 0 Å². The normalized spacial score (nSPS) is 19.9. The summed E-state index contributed by atoms with van der Waals surface area (Å²) < 4.78 is 0. The molecule has 0 aromatic heterocycles. The summed E-state index contributed by atoms with van der Waals surface area (Å²) in [6.07, 6.45) is 4.54. The van der Waals surface area contributed by atoms with Crippen LogP contribution < -0.4 is 5.32 Å². The van der Waals surface area contributed by atoms with Gasteiger partial charge in [0.25, 0.3) is 0 Å². The second-order valence-corrected chi connectivity index (χ2v) is 4.24. The Hall–Kier alpha value is -1.02. The summed E-state index contributed by atoms with van der Waals surface area (Å²) in [5.74, 6) is 0.468. The molecule has 1 aromatic carbocycles. The van der Waals surface area contributed by atoms with Gasteiger partial charge in [-0.25, -0.2) is 0 Å². The molecule has 1 aliphatic carbocycles. The lowest BCUT2D eigenvalue weighted by atomic mass is 9.87. The van der Waals surface area contributed by atoms with Crippen LogP contribution in [-0.2, 0) is 6.42 Å². The van der Waals surface area contributed by atoms with Crippen LogP contribution in [-0.4, -0.2) is 11.7 Å². The van der Waals surface area contributed by atoms with E-state index >= 15 is 0 Å². The molecule has 1 aliphatic rings. The molecular weight excluding hydrogens is 186 g/mol. The predicted octanol–water partition coefficient (Wildman–Crippen LogP) is 2.77. The summed E-state index contributed by atoms with van der Waals surface area (Å²) in [4.78, 5) is 0. The summed E-state index contributed by atoms with van der Waals surface area (Å²) >= 11 is 0. The minimum atomic E-state index is 0.445. The van der Waals surface area contributed by atoms with Gasteiger partial charge in [-0.1, -0.05) is 19.1 Å². The number of rotatable bonds is 3. The summed E-state index contributed by atoms with van der Waals surface area (Å²) in [5, 5.41) is 13.3. The first-order valence-corrected chi connectivity index (χ1v) is 5.87. The monoisotopic (exact) mass is 205 g/mol. The van der Waals surface area contributed by atoms with Gasteiger partial charge < -0.3 is 10.4 Å². The third-order valence-corrected chi connectivity index (χ3v) is 3.12. The average Bonchev–Trinajstić information content (AvgIpc) is 2.27. The van der Waals surface area contributed by atoms with Crippen LogP contribution in [0, 0.1) is 0 Å². The minimum Gasteiger partial charge on any atom is -0.508 e. The van der Waals surface area contributed by atoms with Crippen molar-refractivity contribution in [1.29, 1.82) is 0 Å². The van der Waals surface area contributed by atoms with Crippen molar-refractivity contribution < 1.29 is 5.11 Å². The zero-order valence-corrected chi connectivity index (χ0v) is 9.29. The van der Waals surface area contributed by atoms with E-state index in [0.717, 1.165) is 24.9 Å². The maximum atomic E-state index is 9.77. The quantitative estimate of drug-likeness (QED) is 0.795. The fourth-order valence-electron chi connectivity index (χ4n) is 2.36. The molecule has 0 heterocycles. The molecule has 2 heteroatoms. The fourth-order valence-corrected chi connectivity index (χ4v) is 2.36. The molecule has 0 radical (unpaired) electrons. The Morgan fingerprint density at radius 2 is 2.33 bits per heavy atom. The van der Waals surface area contributed by atoms with E-state index in [0.29, 0.717) is 11.8 Å². The number of hydrogen-bond acceptors (Lipinski definition) is 2. The van der Waals surface area contributed by atoms with Gasteiger partial charge in [0.05, 0.1) is 0 Å². The Morgan fingerprint density at radius 1 is 1.47 bits per heavy atom. The maximum Gasteiger partial charge on any atom is 0.119 e. The third-order valence-electron chi connectivity index (χ3n) is 3.12. The predicted molar refractivity (Wildman–Crippen MR) is 62.1 cm³/mol. The van der Waals surface area contributed by atoms with Crippen LogP contribution in [0.15, 0.2) is 18.2 Å². The van der Waals surface area contributed by atoms with Crippen LogP contribution in [0.25, 0.3) is 0 Å². The van der Waals surface area contributed by atoms with E-state index in [1.807, 2.05) is 6.07 Å². The van der Waals surface area contributed by atoms with Gasteiger partial charge in [0.2, 0.25) is 0 Å². The Morgan fingerprint density at radius 3 is 3.13 bits per heavy atom. The molecule has 0 amide bonds. The average molecular weight is 205 g/mol. The molecular formula is C13H19NO. The summed E-state index contributed by atoms with van der Waals surface area (Å²) in [6.45, 7) is 3.24. The number of fused-ring (bicyclic) bond motifs is 1. The van der Waals surface area contributed by atoms with Crippen molar-refractivity contribution in [2.75, 3.05) is 6.54 Å². The largest absolute Gasteiger partial charge is 0.508 e. The number of phenols is 1. The van der Waals surface area contributed by atoms with Crippen molar-refractivity contribution in [3.63, 3.8) is 0 Å². The molecule has 0 bridgehead atoms. The number of nitrogens with one attached hydrogen (secondary N) is 1. The summed E-state index contributed by atoms with van der Waals surface area (Å²) in [6, 6.07) is 6.32. The molecule has 0 aliphatic heterocycles. The highest BCUT2D eigenvalue weighted by Gasteiger charge is 2.21. The second-order valence-electron chi connectivity index (χ2n) is 4.24. The van der Waals surface area contributed by atoms with Gasteiger partial charge in [0.1, 0.15) is 5.75 Å². The lowest BCUT2D eigenvalue weighted by Gasteiger charge is -2.26. The SMILES string of the molecule is CCCNC1CCCc2c(O)cccc21. The highest BCUT2D eigenvalue weighted by atomic mass is 16.3. The zero-order chi connectivity index (χ0) is 10.7. The van der Waals surface area contributed by atoms with Gasteiger partial charge in [-0.3, -0.25) is 0 Å². The van der Waals surface area contributed by atoms with Gasteiger partial charge in [-0.05, 0) is 49.4 Å². The maximum absolute atomic E-state index is 9.77. The number of hydrogen-bond donors (Lipinski definition) is 2. The van der Waals surface area contributed by atoms with Crippen molar-refractivity contribution in [3.8, 4) is 5.75 Å². The van der Waals surface area contributed by atoms with Crippen molar-refractivity contribution in [2.24, 2.45) is 0 Å². The van der Waals surface area contributed by atoms with E-state index in [9.17, 15) is 5.11 Å². The molecule has 15 heavy (non-hydrogen) atoms. The van der Waals surface area contributed by atoms with Crippen molar-refractivity contribution in [1.82, 2.24) is 5.32 Å². The van der Waals surface area contributed by atoms with Crippen LogP contribution in [0.4, 0.5) is 0 Å². The van der Waals surface area contributed by atoms with Crippen molar-refractivity contribution >= 4 is 0 Å². The van der Waals surface area contributed by atoms with Crippen molar-refractivity contribution in [2.45, 2.75) is 38.6 Å². The van der Waals surface area contributed by atoms with Crippen LogP contribution in [0.3, 0.4) is 0 Å². The smallest absolute Gasteiger partial charge is 0.119 e. The zero-order valence-electron chi connectivity index (χ0n) is 9.29. The fraction of sp³-hybridized carbons (Fsp3) is 0.538. The molecule has 82 valence electrons. The highest BCUT2D eigenvalue weighted by molar-refractivity contribution is 5.42. The Labute approximate surface area is 91.3 Å². The molecule has 0 spiro atoms. The summed E-state index contributed by atoms with van der Waals surface area (Å²) in [5.41, 5.74) is 2.45. The topological polar surface area (TPSA) is 32.3 Å². The van der Waals surface area contributed by atoms with E-state index in [1.165, 1.54) is 18.4 Å². The molecule has 0 saturated heterocycles. The molecule has 1 atom stereocenters. The molecule has 0 fully saturated rings. The first-order valence-electron chi connectivity index (χ1n) is 5.87. The van der Waals surface area contributed by atoms with E-state index in [-0.39, 0.29) is 0 Å². The van der Waals surface area contributed by atoms with E-state index in [4.69, 9.17) is 0 Å². The second kappa shape index (κ2) is 4.67. The Bertz CT molecular complexity index is 335. The molecule has 1 unspecified atom stereocenters. The van der Waals surface area contributed by atoms with Crippen molar-refractivity contribution in [3.05, 3.63) is 29.3 Å². The van der Waals surface area contributed by atoms with Gasteiger partial charge >= 0.3 is 0 Å². The lowest BCUT2D eigenvalue weighted by Crippen LogP contribution is -2.25. The number of benzene rings is 1. The van der Waals surface area contributed by atoms with Crippen LogP contribution in [0.1, 0.15) is 43.4 Å². The van der Waals surface area contributed by atoms with E-state index in [1.54, 1.807) is 6.07 Å². The lowest BCUT2D eigenvalue weighted by molar-refractivity contribution is 0.430. The minimum absolute atomic E-state index is 0.445. The Balaban J connectivity index is 2.22. The van der Waals surface area contributed by atoms with Gasteiger partial charge in [-0.15, -0.1) is 0 Å². The van der Waals surface area contributed by atoms with Gasteiger partial charge in [0, 0.05) is 6.04 Å². The number of phenolic OH excluding ortho intramolecular Hbond substituents is 1. The molecule has 2 rings (SSSR count). The van der Waals surface area contributed by atoms with Crippen LogP contribution in [0.5, 0.6) is 5.75 Å². The van der Waals surface area contributed by atoms with Gasteiger partial charge in [0.15, 0.2) is 0 Å². The van der Waals surface area contributed by atoms with Gasteiger partial charge in [-0.2, -0.15) is 0 Å².